The van der Waals surface area contributed by atoms with E-state index < -0.39 is 0 Å². The zero-order valence-electron chi connectivity index (χ0n) is 8.49. The molecule has 0 aliphatic heterocycles. The van der Waals surface area contributed by atoms with Crippen LogP contribution >= 0.6 is 49.9 Å². The van der Waals surface area contributed by atoms with Crippen LogP contribution in [0.3, 0.4) is 0 Å². The van der Waals surface area contributed by atoms with E-state index in [0.29, 0.717) is 0 Å². The second-order valence-corrected chi connectivity index (χ2v) is 7.36. The molecule has 0 saturated heterocycles. The quantitative estimate of drug-likeness (QED) is 0.751. The van der Waals surface area contributed by atoms with Gasteiger partial charge in [0, 0.05) is 20.9 Å². The molecule has 0 radical (unpaired) electrons. The number of benzene rings is 1. The van der Waals surface area contributed by atoms with E-state index in [1.807, 2.05) is 0 Å². The monoisotopic (exact) mass is 407 g/mol. The highest BCUT2D eigenvalue weighted by atomic mass is 127. The molecule has 2 N–H and O–H groups in total. The summed E-state index contributed by atoms with van der Waals surface area (Å²) in [7, 11) is 0. The highest BCUT2D eigenvalue weighted by Crippen LogP contribution is 2.26. The highest BCUT2D eigenvalue weighted by molar-refractivity contribution is 14.1. The molecular formula is C12H11BrINS. The first-order valence-corrected chi connectivity index (χ1v) is 7.59. The van der Waals surface area contributed by atoms with E-state index in [2.05, 4.69) is 74.9 Å². The summed E-state index contributed by atoms with van der Waals surface area (Å²) in [6.45, 7) is 0. The van der Waals surface area contributed by atoms with E-state index in [0.717, 1.165) is 10.2 Å². The second-order valence-electron chi connectivity index (χ2n) is 3.57. The molecule has 16 heavy (non-hydrogen) atoms. The summed E-state index contributed by atoms with van der Waals surface area (Å²) in [4.78, 5) is 1.32. The highest BCUT2D eigenvalue weighted by Gasteiger charge is 2.08. The van der Waals surface area contributed by atoms with E-state index in [4.69, 9.17) is 5.73 Å². The summed E-state index contributed by atoms with van der Waals surface area (Å²) in [5, 5.41) is 0. The van der Waals surface area contributed by atoms with Crippen LogP contribution in [0.25, 0.3) is 0 Å². The minimum atomic E-state index is 0.0836. The lowest BCUT2D eigenvalue weighted by Crippen LogP contribution is -2.12. The number of halogens is 2. The lowest BCUT2D eigenvalue weighted by Gasteiger charge is -2.10. The molecule has 0 aliphatic rings. The van der Waals surface area contributed by atoms with Crippen LogP contribution in [0.5, 0.6) is 0 Å². The van der Waals surface area contributed by atoms with Crippen molar-refractivity contribution in [2.75, 3.05) is 0 Å². The Morgan fingerprint density at radius 1 is 1.31 bits per heavy atom. The Morgan fingerprint density at radius 3 is 2.75 bits per heavy atom. The molecule has 0 saturated carbocycles. The Morgan fingerprint density at radius 2 is 2.12 bits per heavy atom. The van der Waals surface area contributed by atoms with Crippen LogP contribution in [-0.2, 0) is 6.42 Å². The van der Waals surface area contributed by atoms with E-state index in [1.54, 1.807) is 11.3 Å². The first-order chi connectivity index (χ1) is 7.65. The van der Waals surface area contributed by atoms with E-state index in [1.165, 1.54) is 14.0 Å². The topological polar surface area (TPSA) is 26.0 Å². The third-order valence-electron chi connectivity index (χ3n) is 2.33. The van der Waals surface area contributed by atoms with Gasteiger partial charge in [0.15, 0.2) is 0 Å². The Balaban J connectivity index is 2.11. The fraction of sp³-hybridized carbons (Fsp3) is 0.167. The van der Waals surface area contributed by atoms with Gasteiger partial charge in [-0.15, -0.1) is 11.3 Å². The smallest absolute Gasteiger partial charge is 0.0701 e. The molecule has 0 aliphatic carbocycles. The predicted molar refractivity (Wildman–Crippen MR) is 81.8 cm³/mol. The zero-order valence-corrected chi connectivity index (χ0v) is 13.1. The number of rotatable bonds is 3. The second kappa shape index (κ2) is 5.62. The van der Waals surface area contributed by atoms with E-state index in [-0.39, 0.29) is 6.04 Å². The number of hydrogen-bond acceptors (Lipinski definition) is 2. The molecular weight excluding hydrogens is 397 g/mol. The van der Waals surface area contributed by atoms with Crippen LogP contribution in [0.15, 0.2) is 40.2 Å². The van der Waals surface area contributed by atoms with Crippen molar-refractivity contribution in [2.24, 2.45) is 5.73 Å². The summed E-state index contributed by atoms with van der Waals surface area (Å²) in [6.07, 6.45) is 0.899. The normalized spacial score (nSPS) is 12.7. The summed E-state index contributed by atoms with van der Waals surface area (Å²) in [5.41, 5.74) is 7.40. The zero-order chi connectivity index (χ0) is 11.5. The molecule has 2 rings (SSSR count). The molecule has 1 heterocycles. The van der Waals surface area contributed by atoms with Crippen LogP contribution in [0.2, 0.25) is 0 Å². The third kappa shape index (κ3) is 3.29. The summed E-state index contributed by atoms with van der Waals surface area (Å²) in [6, 6.07) is 12.7. The van der Waals surface area contributed by atoms with E-state index in [9.17, 15) is 0 Å². The van der Waals surface area contributed by atoms with Gasteiger partial charge in [-0.2, -0.15) is 0 Å². The van der Waals surface area contributed by atoms with Crippen molar-refractivity contribution >= 4 is 49.9 Å². The molecule has 84 valence electrons. The maximum absolute atomic E-state index is 6.19. The van der Waals surface area contributed by atoms with Crippen LogP contribution < -0.4 is 5.73 Å². The first kappa shape index (κ1) is 12.5. The average Bonchev–Trinajstić information content (AvgIpc) is 2.64. The molecule has 0 fully saturated rings. The van der Waals surface area contributed by atoms with Crippen molar-refractivity contribution in [3.05, 3.63) is 54.2 Å². The van der Waals surface area contributed by atoms with Crippen LogP contribution in [0, 0.1) is 3.57 Å². The van der Waals surface area contributed by atoms with Gasteiger partial charge in [0.05, 0.1) is 3.79 Å². The van der Waals surface area contributed by atoms with Gasteiger partial charge in [-0.05, 0) is 68.3 Å². The summed E-state index contributed by atoms with van der Waals surface area (Å²) in [5.74, 6) is 0. The Kier molecular flexibility index (Phi) is 4.41. The van der Waals surface area contributed by atoms with Crippen molar-refractivity contribution in [2.45, 2.75) is 12.5 Å². The fourth-order valence-corrected chi connectivity index (χ4v) is 3.64. The predicted octanol–water partition coefficient (Wildman–Crippen LogP) is 4.36. The molecule has 1 aromatic heterocycles. The van der Waals surface area contributed by atoms with Gasteiger partial charge in [-0.1, -0.05) is 12.1 Å². The standard InChI is InChI=1S/C12H11BrINS/c13-12-5-4-10(16-12)7-11(15)8-2-1-3-9(14)6-8/h1-6,11H,7,15H2. The maximum Gasteiger partial charge on any atom is 0.0701 e. The maximum atomic E-state index is 6.19. The molecule has 1 aromatic carbocycles. The van der Waals surface area contributed by atoms with Crippen molar-refractivity contribution in [1.29, 1.82) is 0 Å². The lowest BCUT2D eigenvalue weighted by molar-refractivity contribution is 0.729. The Labute approximate surface area is 121 Å². The summed E-state index contributed by atoms with van der Waals surface area (Å²) >= 11 is 7.53. The van der Waals surface area contributed by atoms with Crippen LogP contribution in [-0.4, -0.2) is 0 Å². The summed E-state index contributed by atoms with van der Waals surface area (Å²) < 4.78 is 2.40. The lowest BCUT2D eigenvalue weighted by atomic mass is 10.0. The fourth-order valence-electron chi connectivity index (χ4n) is 1.53. The minimum Gasteiger partial charge on any atom is -0.324 e. The molecule has 0 amide bonds. The van der Waals surface area contributed by atoms with Crippen molar-refractivity contribution in [3.63, 3.8) is 0 Å². The van der Waals surface area contributed by atoms with Gasteiger partial charge >= 0.3 is 0 Å². The first-order valence-electron chi connectivity index (χ1n) is 4.90. The minimum absolute atomic E-state index is 0.0836. The molecule has 1 atom stereocenters. The van der Waals surface area contributed by atoms with E-state index >= 15 is 0 Å². The van der Waals surface area contributed by atoms with Gasteiger partial charge in [0.1, 0.15) is 0 Å². The van der Waals surface area contributed by atoms with Gasteiger partial charge in [0.25, 0.3) is 0 Å². The van der Waals surface area contributed by atoms with Gasteiger partial charge in [0.2, 0.25) is 0 Å². The number of thiophene rings is 1. The molecule has 0 bridgehead atoms. The molecule has 1 nitrogen and oxygen atoms in total. The third-order valence-corrected chi connectivity index (χ3v) is 4.64. The number of nitrogens with two attached hydrogens (primary N) is 1. The van der Waals surface area contributed by atoms with Crippen molar-refractivity contribution in [3.8, 4) is 0 Å². The van der Waals surface area contributed by atoms with Gasteiger partial charge in [-0.25, -0.2) is 0 Å². The average molecular weight is 408 g/mol. The van der Waals surface area contributed by atoms with Gasteiger partial charge in [-0.3, -0.25) is 0 Å². The van der Waals surface area contributed by atoms with Gasteiger partial charge < -0.3 is 5.73 Å². The Bertz CT molecular complexity index is 483. The Hall–Kier alpha value is 0.0900. The molecule has 0 spiro atoms. The van der Waals surface area contributed by atoms with Crippen molar-refractivity contribution < 1.29 is 0 Å². The van der Waals surface area contributed by atoms with Crippen LogP contribution in [0.1, 0.15) is 16.5 Å². The molecule has 2 aromatic rings. The van der Waals surface area contributed by atoms with Crippen molar-refractivity contribution in [1.82, 2.24) is 0 Å². The van der Waals surface area contributed by atoms with Crippen LogP contribution in [0.4, 0.5) is 0 Å². The molecule has 1 unspecified atom stereocenters. The number of hydrogen-bond donors (Lipinski definition) is 1. The molecule has 4 heteroatoms. The largest absolute Gasteiger partial charge is 0.324 e. The SMILES string of the molecule is NC(Cc1ccc(Br)s1)c1cccc(I)c1.